The zero-order chi connectivity index (χ0) is 13.8. The minimum absolute atomic E-state index is 0.125. The van der Waals surface area contributed by atoms with Crippen LogP contribution in [0.3, 0.4) is 0 Å². The molecule has 0 bridgehead atoms. The zero-order valence-electron chi connectivity index (χ0n) is 11.1. The molecule has 0 saturated heterocycles. The smallest absolute Gasteiger partial charge is 0.159 e. The molecular weight excluding hydrogens is 244 g/mol. The van der Waals surface area contributed by atoms with E-state index in [1.807, 2.05) is 32.0 Å². The monoisotopic (exact) mass is 261 g/mol. The highest BCUT2D eigenvalue weighted by Gasteiger charge is 2.15. The molecule has 0 aromatic heterocycles. The van der Waals surface area contributed by atoms with Gasteiger partial charge in [0.2, 0.25) is 0 Å². The van der Waals surface area contributed by atoms with E-state index < -0.39 is 11.6 Å². The molecule has 1 nitrogen and oxygen atoms in total. The number of hydrogen-bond donors (Lipinski definition) is 1. The topological polar surface area (TPSA) is 12.0 Å². The third-order valence-corrected chi connectivity index (χ3v) is 3.06. The van der Waals surface area contributed by atoms with Gasteiger partial charge in [0, 0.05) is 0 Å². The van der Waals surface area contributed by atoms with E-state index in [9.17, 15) is 8.78 Å². The minimum atomic E-state index is -0.816. The Morgan fingerprint density at radius 3 is 2.37 bits per heavy atom. The van der Waals surface area contributed by atoms with Gasteiger partial charge in [-0.1, -0.05) is 42.8 Å². The predicted octanol–water partition coefficient (Wildman–Crippen LogP) is 3.97. The van der Waals surface area contributed by atoms with Gasteiger partial charge in [0.1, 0.15) is 0 Å². The molecule has 1 N–H and O–H groups in total. The molecular formula is C16H17F2N. The first-order valence-corrected chi connectivity index (χ1v) is 6.36. The first-order chi connectivity index (χ1) is 9.11. The molecule has 0 aliphatic heterocycles. The third kappa shape index (κ3) is 3.18. The molecule has 0 fully saturated rings. The molecule has 2 rings (SSSR count). The Morgan fingerprint density at radius 1 is 1.00 bits per heavy atom. The molecule has 0 aliphatic rings. The van der Waals surface area contributed by atoms with Gasteiger partial charge in [-0.15, -0.1) is 0 Å². The summed E-state index contributed by atoms with van der Waals surface area (Å²) in [6.07, 6.45) is 0. The number of hydrogen-bond acceptors (Lipinski definition) is 1. The van der Waals surface area contributed by atoms with Gasteiger partial charge in [0.05, 0.1) is 6.04 Å². The van der Waals surface area contributed by atoms with Crippen LogP contribution in [0.2, 0.25) is 0 Å². The van der Waals surface area contributed by atoms with Gasteiger partial charge in [-0.3, -0.25) is 0 Å². The summed E-state index contributed by atoms with van der Waals surface area (Å²) in [5.41, 5.74) is 2.92. The summed E-state index contributed by atoms with van der Waals surface area (Å²) in [5, 5.41) is 3.30. The Bertz CT molecular complexity index is 566. The fraction of sp³-hybridized carbons (Fsp3) is 0.250. The number of halogens is 2. The van der Waals surface area contributed by atoms with E-state index in [-0.39, 0.29) is 6.04 Å². The molecule has 0 radical (unpaired) electrons. The van der Waals surface area contributed by atoms with Crippen LogP contribution in [0.25, 0.3) is 0 Å². The normalized spacial score (nSPS) is 12.4. The van der Waals surface area contributed by atoms with E-state index in [2.05, 4.69) is 11.4 Å². The number of rotatable bonds is 4. The maximum absolute atomic E-state index is 13.4. The summed E-state index contributed by atoms with van der Waals surface area (Å²) < 4.78 is 26.4. The van der Waals surface area contributed by atoms with Crippen LogP contribution in [0, 0.1) is 18.6 Å². The lowest BCUT2D eigenvalue weighted by molar-refractivity contribution is 0.504. The molecule has 1 atom stereocenters. The van der Waals surface area contributed by atoms with Gasteiger partial charge >= 0.3 is 0 Å². The van der Waals surface area contributed by atoms with E-state index in [1.165, 1.54) is 12.1 Å². The average molecular weight is 261 g/mol. The standard InChI is InChI=1S/C16H17F2N/c1-3-19-16(12-6-4-5-11(2)9-12)13-7-8-14(17)15(18)10-13/h4-10,16,19H,3H2,1-2H3. The van der Waals surface area contributed by atoms with Crippen LogP contribution in [0.4, 0.5) is 8.78 Å². The number of benzene rings is 2. The Balaban J connectivity index is 2.42. The second kappa shape index (κ2) is 5.93. The van der Waals surface area contributed by atoms with Gasteiger partial charge in [-0.05, 0) is 36.7 Å². The first-order valence-electron chi connectivity index (χ1n) is 6.36. The lowest BCUT2D eigenvalue weighted by atomic mass is 9.97. The minimum Gasteiger partial charge on any atom is -0.307 e. The van der Waals surface area contributed by atoms with Gasteiger partial charge in [0.15, 0.2) is 11.6 Å². The maximum atomic E-state index is 13.4. The van der Waals surface area contributed by atoms with E-state index in [1.54, 1.807) is 6.07 Å². The van der Waals surface area contributed by atoms with Crippen LogP contribution in [0.15, 0.2) is 42.5 Å². The van der Waals surface area contributed by atoms with E-state index in [0.29, 0.717) is 0 Å². The van der Waals surface area contributed by atoms with E-state index in [4.69, 9.17) is 0 Å². The highest BCUT2D eigenvalue weighted by Crippen LogP contribution is 2.24. The fourth-order valence-corrected chi connectivity index (χ4v) is 2.17. The summed E-state index contributed by atoms with van der Waals surface area (Å²) in [5.74, 6) is -1.63. The van der Waals surface area contributed by atoms with Crippen molar-refractivity contribution < 1.29 is 8.78 Å². The van der Waals surface area contributed by atoms with Crippen LogP contribution in [-0.4, -0.2) is 6.54 Å². The maximum Gasteiger partial charge on any atom is 0.159 e. The van der Waals surface area contributed by atoms with Crippen LogP contribution in [-0.2, 0) is 0 Å². The molecule has 0 aliphatic carbocycles. The van der Waals surface area contributed by atoms with Crippen molar-refractivity contribution in [3.8, 4) is 0 Å². The van der Waals surface area contributed by atoms with Crippen LogP contribution >= 0.6 is 0 Å². The van der Waals surface area contributed by atoms with Crippen molar-refractivity contribution in [2.24, 2.45) is 0 Å². The highest BCUT2D eigenvalue weighted by atomic mass is 19.2. The summed E-state index contributed by atoms with van der Waals surface area (Å²) >= 11 is 0. The van der Waals surface area contributed by atoms with Gasteiger partial charge < -0.3 is 5.32 Å². The van der Waals surface area contributed by atoms with Crippen LogP contribution < -0.4 is 5.32 Å². The third-order valence-electron chi connectivity index (χ3n) is 3.06. The van der Waals surface area contributed by atoms with Gasteiger partial charge in [0.25, 0.3) is 0 Å². The Kier molecular flexibility index (Phi) is 4.27. The molecule has 1 unspecified atom stereocenters. The van der Waals surface area contributed by atoms with Crippen molar-refractivity contribution in [2.45, 2.75) is 19.9 Å². The van der Waals surface area contributed by atoms with Crippen molar-refractivity contribution >= 4 is 0 Å². The second-order valence-electron chi connectivity index (χ2n) is 4.58. The lowest BCUT2D eigenvalue weighted by Gasteiger charge is -2.19. The molecule has 0 saturated carbocycles. The van der Waals surface area contributed by atoms with Crippen molar-refractivity contribution in [1.29, 1.82) is 0 Å². The summed E-state index contributed by atoms with van der Waals surface area (Å²) in [6, 6.07) is 11.9. The Hall–Kier alpha value is -1.74. The lowest BCUT2D eigenvalue weighted by Crippen LogP contribution is -2.22. The molecule has 2 aromatic rings. The van der Waals surface area contributed by atoms with Crippen LogP contribution in [0.5, 0.6) is 0 Å². The van der Waals surface area contributed by atoms with Crippen molar-refractivity contribution in [3.05, 3.63) is 70.8 Å². The quantitative estimate of drug-likeness (QED) is 0.878. The Morgan fingerprint density at radius 2 is 1.74 bits per heavy atom. The predicted molar refractivity (Wildman–Crippen MR) is 73.1 cm³/mol. The SMILES string of the molecule is CCNC(c1cccc(C)c1)c1ccc(F)c(F)c1. The van der Waals surface area contributed by atoms with Crippen molar-refractivity contribution in [3.63, 3.8) is 0 Å². The van der Waals surface area contributed by atoms with E-state index >= 15 is 0 Å². The molecule has 0 spiro atoms. The molecule has 19 heavy (non-hydrogen) atoms. The van der Waals surface area contributed by atoms with Crippen molar-refractivity contribution in [1.82, 2.24) is 5.32 Å². The van der Waals surface area contributed by atoms with Gasteiger partial charge in [-0.2, -0.15) is 0 Å². The molecule has 100 valence electrons. The second-order valence-corrected chi connectivity index (χ2v) is 4.58. The Labute approximate surface area is 112 Å². The highest BCUT2D eigenvalue weighted by molar-refractivity contribution is 5.34. The number of aryl methyl sites for hydroxylation is 1. The zero-order valence-corrected chi connectivity index (χ0v) is 11.1. The summed E-state index contributed by atoms with van der Waals surface area (Å²) in [4.78, 5) is 0. The van der Waals surface area contributed by atoms with Gasteiger partial charge in [-0.25, -0.2) is 8.78 Å². The molecule has 0 amide bonds. The van der Waals surface area contributed by atoms with Crippen LogP contribution in [0.1, 0.15) is 29.7 Å². The van der Waals surface area contributed by atoms with Crippen molar-refractivity contribution in [2.75, 3.05) is 6.54 Å². The summed E-state index contributed by atoms with van der Waals surface area (Å²) in [7, 11) is 0. The molecule has 0 heterocycles. The summed E-state index contributed by atoms with van der Waals surface area (Å²) in [6.45, 7) is 4.75. The fourth-order valence-electron chi connectivity index (χ4n) is 2.17. The average Bonchev–Trinajstić information content (AvgIpc) is 2.39. The molecule has 3 heteroatoms. The first kappa shape index (κ1) is 13.7. The van der Waals surface area contributed by atoms with E-state index in [0.717, 1.165) is 23.2 Å². The molecule has 2 aromatic carbocycles. The largest absolute Gasteiger partial charge is 0.307 e. The number of nitrogens with one attached hydrogen (secondary N) is 1.